The Labute approximate surface area is 164 Å². The molecule has 2 aliphatic rings. The third-order valence-corrected chi connectivity index (χ3v) is 7.57. The zero-order valence-electron chi connectivity index (χ0n) is 14.9. The van der Waals surface area contributed by atoms with E-state index in [-0.39, 0.29) is 23.1 Å². The molecule has 27 heavy (non-hydrogen) atoms. The number of piperidine rings is 1. The minimum absolute atomic E-state index is 0.0100. The zero-order valence-corrected chi connectivity index (χ0v) is 16.5. The van der Waals surface area contributed by atoms with Crippen molar-refractivity contribution in [3.05, 3.63) is 47.7 Å². The summed E-state index contributed by atoms with van der Waals surface area (Å²) in [4.78, 5) is 4.20. The summed E-state index contributed by atoms with van der Waals surface area (Å²) in [6, 6.07) is 8.15. The Morgan fingerprint density at radius 2 is 1.78 bits per heavy atom. The number of rotatable bonds is 5. The largest absolute Gasteiger partial charge is 0.495 e. The van der Waals surface area contributed by atoms with E-state index in [1.807, 2.05) is 12.1 Å². The van der Waals surface area contributed by atoms with Crippen LogP contribution in [-0.4, -0.2) is 43.0 Å². The predicted molar refractivity (Wildman–Crippen MR) is 102 cm³/mol. The van der Waals surface area contributed by atoms with Crippen molar-refractivity contribution in [3.8, 4) is 11.5 Å². The van der Waals surface area contributed by atoms with Crippen LogP contribution < -0.4 is 9.47 Å². The van der Waals surface area contributed by atoms with E-state index in [4.69, 9.17) is 21.1 Å². The van der Waals surface area contributed by atoms with Gasteiger partial charge in [-0.3, -0.25) is 4.98 Å². The number of ether oxygens (including phenoxy) is 2. The third-order valence-electron chi connectivity index (χ3n) is 5.27. The third kappa shape index (κ3) is 3.51. The fourth-order valence-corrected chi connectivity index (χ4v) is 6.35. The highest BCUT2D eigenvalue weighted by Gasteiger charge is 2.48. The van der Waals surface area contributed by atoms with Gasteiger partial charge in [0.2, 0.25) is 10.0 Å². The summed E-state index contributed by atoms with van der Waals surface area (Å²) in [5, 5.41) is 0.293. The van der Waals surface area contributed by atoms with E-state index in [0.717, 1.165) is 18.6 Å². The van der Waals surface area contributed by atoms with Gasteiger partial charge in [-0.1, -0.05) is 11.6 Å². The molecule has 2 aromatic rings. The van der Waals surface area contributed by atoms with Crippen molar-refractivity contribution in [2.24, 2.45) is 0 Å². The van der Waals surface area contributed by atoms with Crippen LogP contribution >= 0.6 is 11.6 Å². The summed E-state index contributed by atoms with van der Waals surface area (Å²) in [5.41, 5.74) is 0. The maximum Gasteiger partial charge on any atom is 0.243 e. The first-order valence-corrected chi connectivity index (χ1v) is 10.7. The molecule has 2 fully saturated rings. The normalized spacial score (nSPS) is 25.3. The van der Waals surface area contributed by atoms with Gasteiger partial charge in [0.25, 0.3) is 0 Å². The highest BCUT2D eigenvalue weighted by Crippen LogP contribution is 2.41. The molecule has 8 heteroatoms. The van der Waals surface area contributed by atoms with Crippen LogP contribution in [0.3, 0.4) is 0 Å². The number of halogens is 1. The lowest BCUT2D eigenvalue weighted by Crippen LogP contribution is -2.49. The smallest absolute Gasteiger partial charge is 0.243 e. The minimum Gasteiger partial charge on any atom is -0.495 e. The van der Waals surface area contributed by atoms with Crippen LogP contribution in [-0.2, 0) is 10.0 Å². The van der Waals surface area contributed by atoms with Gasteiger partial charge >= 0.3 is 0 Å². The number of aromatic nitrogens is 1. The van der Waals surface area contributed by atoms with E-state index in [9.17, 15) is 8.42 Å². The van der Waals surface area contributed by atoms with Crippen molar-refractivity contribution in [2.45, 2.75) is 48.8 Å². The first-order valence-electron chi connectivity index (χ1n) is 8.93. The SMILES string of the molecule is COc1ccc(S(=O)(=O)N2C3CCC2CC(Oc2ccncc2)C3)cc1Cl. The monoisotopic (exact) mass is 408 g/mol. The second kappa shape index (κ2) is 7.30. The fourth-order valence-electron chi connectivity index (χ4n) is 4.11. The second-order valence-corrected chi connectivity index (χ2v) is 9.16. The first kappa shape index (κ1) is 18.5. The molecule has 6 nitrogen and oxygen atoms in total. The molecule has 0 aliphatic carbocycles. The van der Waals surface area contributed by atoms with Gasteiger partial charge in [-0.25, -0.2) is 8.42 Å². The van der Waals surface area contributed by atoms with Gasteiger partial charge in [-0.15, -0.1) is 0 Å². The molecule has 144 valence electrons. The number of sulfonamides is 1. The second-order valence-electron chi connectivity index (χ2n) is 6.91. The summed E-state index contributed by atoms with van der Waals surface area (Å²) < 4.78 is 39.3. The molecule has 2 atom stereocenters. The van der Waals surface area contributed by atoms with E-state index in [1.54, 1.807) is 28.8 Å². The lowest BCUT2D eigenvalue weighted by Gasteiger charge is -2.37. The molecule has 1 aromatic heterocycles. The van der Waals surface area contributed by atoms with E-state index >= 15 is 0 Å². The molecular formula is C19H21ClN2O4S. The van der Waals surface area contributed by atoms with Gasteiger partial charge in [-0.05, 0) is 43.2 Å². The Balaban J connectivity index is 1.54. The van der Waals surface area contributed by atoms with Gasteiger partial charge < -0.3 is 9.47 Å². The summed E-state index contributed by atoms with van der Waals surface area (Å²) >= 11 is 6.14. The summed E-state index contributed by atoms with van der Waals surface area (Å²) in [5.74, 6) is 1.23. The van der Waals surface area contributed by atoms with E-state index in [2.05, 4.69) is 4.98 Å². The summed E-state index contributed by atoms with van der Waals surface area (Å²) in [6.45, 7) is 0. The van der Waals surface area contributed by atoms with Crippen LogP contribution in [0.15, 0.2) is 47.6 Å². The standard InChI is InChI=1S/C19H21ClN2O4S/c1-25-19-5-4-17(12-18(19)20)27(23,24)22-13-2-3-14(22)11-16(10-13)26-15-6-8-21-9-7-15/h4-9,12-14,16H,2-3,10-11H2,1H3. The van der Waals surface area contributed by atoms with Crippen molar-refractivity contribution >= 4 is 21.6 Å². The average molecular weight is 409 g/mol. The topological polar surface area (TPSA) is 68.7 Å². The van der Waals surface area contributed by atoms with Gasteiger partial charge in [0.1, 0.15) is 17.6 Å². The van der Waals surface area contributed by atoms with Crippen molar-refractivity contribution in [1.29, 1.82) is 0 Å². The van der Waals surface area contributed by atoms with Gasteiger partial charge in [0.15, 0.2) is 0 Å². The molecule has 2 unspecified atom stereocenters. The Morgan fingerprint density at radius 3 is 2.37 bits per heavy atom. The predicted octanol–water partition coefficient (Wildman–Crippen LogP) is 3.51. The molecule has 0 amide bonds. The quantitative estimate of drug-likeness (QED) is 0.757. The van der Waals surface area contributed by atoms with Gasteiger partial charge in [0.05, 0.1) is 17.0 Å². The maximum absolute atomic E-state index is 13.2. The summed E-state index contributed by atoms with van der Waals surface area (Å²) in [6.07, 6.45) is 6.46. The van der Waals surface area contributed by atoms with Gasteiger partial charge in [-0.2, -0.15) is 4.31 Å². The number of hydrogen-bond donors (Lipinski definition) is 0. The van der Waals surface area contributed by atoms with Crippen molar-refractivity contribution in [2.75, 3.05) is 7.11 Å². The van der Waals surface area contributed by atoms with E-state index in [0.29, 0.717) is 23.6 Å². The molecule has 2 saturated heterocycles. The number of pyridine rings is 1. The Kier molecular flexibility index (Phi) is 5.01. The number of methoxy groups -OCH3 is 1. The molecule has 0 radical (unpaired) electrons. The lowest BCUT2D eigenvalue weighted by molar-refractivity contribution is 0.0956. The van der Waals surface area contributed by atoms with E-state index in [1.165, 1.54) is 13.2 Å². The number of fused-ring (bicyclic) bond motifs is 2. The molecule has 3 heterocycles. The lowest BCUT2D eigenvalue weighted by atomic mass is 10.0. The Morgan fingerprint density at radius 1 is 1.11 bits per heavy atom. The Bertz CT molecular complexity index is 909. The number of nitrogens with zero attached hydrogens (tertiary/aromatic N) is 2. The van der Waals surface area contributed by atoms with Crippen molar-refractivity contribution in [1.82, 2.24) is 9.29 Å². The molecule has 0 spiro atoms. The van der Waals surface area contributed by atoms with E-state index < -0.39 is 10.0 Å². The van der Waals surface area contributed by atoms with Crippen LogP contribution in [0.1, 0.15) is 25.7 Å². The van der Waals surface area contributed by atoms with Crippen LogP contribution in [0.5, 0.6) is 11.5 Å². The van der Waals surface area contributed by atoms with Crippen LogP contribution in [0.2, 0.25) is 5.02 Å². The molecule has 2 aliphatic heterocycles. The molecule has 0 N–H and O–H groups in total. The Hall–Kier alpha value is -1.83. The van der Waals surface area contributed by atoms with Crippen LogP contribution in [0.25, 0.3) is 0 Å². The zero-order chi connectivity index (χ0) is 19.0. The van der Waals surface area contributed by atoms with Crippen molar-refractivity contribution in [3.63, 3.8) is 0 Å². The molecule has 4 rings (SSSR count). The van der Waals surface area contributed by atoms with Crippen LogP contribution in [0, 0.1) is 0 Å². The number of benzene rings is 1. The highest BCUT2D eigenvalue weighted by molar-refractivity contribution is 7.89. The van der Waals surface area contributed by atoms with Crippen LogP contribution in [0.4, 0.5) is 0 Å². The minimum atomic E-state index is -3.61. The van der Waals surface area contributed by atoms with Crippen molar-refractivity contribution < 1.29 is 17.9 Å². The number of hydrogen-bond acceptors (Lipinski definition) is 5. The maximum atomic E-state index is 13.2. The molecule has 2 bridgehead atoms. The summed E-state index contributed by atoms with van der Waals surface area (Å²) in [7, 11) is -2.11. The van der Waals surface area contributed by atoms with Gasteiger partial charge in [0, 0.05) is 37.3 Å². The highest BCUT2D eigenvalue weighted by atomic mass is 35.5. The average Bonchev–Trinajstić information content (AvgIpc) is 2.95. The fraction of sp³-hybridized carbons (Fsp3) is 0.421. The molecule has 1 aromatic carbocycles. The molecule has 0 saturated carbocycles. The molecular weight excluding hydrogens is 388 g/mol. The first-order chi connectivity index (χ1) is 13.0.